The third kappa shape index (κ3) is 4.48. The molecule has 0 saturated heterocycles. The fourth-order valence-corrected chi connectivity index (χ4v) is 2.42. The van der Waals surface area contributed by atoms with Gasteiger partial charge in [-0.25, -0.2) is 0 Å². The molecule has 0 atom stereocenters. The van der Waals surface area contributed by atoms with E-state index in [0.717, 1.165) is 38.4 Å². The molecule has 0 bridgehead atoms. The lowest BCUT2D eigenvalue weighted by Crippen LogP contribution is -2.21. The Morgan fingerprint density at radius 2 is 2.05 bits per heavy atom. The van der Waals surface area contributed by atoms with Gasteiger partial charge in [0.1, 0.15) is 5.75 Å². The van der Waals surface area contributed by atoms with Crippen molar-refractivity contribution in [3.8, 4) is 5.75 Å². The average Bonchev–Trinajstić information content (AvgIpc) is 2.87. The van der Waals surface area contributed by atoms with Crippen molar-refractivity contribution in [2.24, 2.45) is 0 Å². The maximum absolute atomic E-state index is 5.87. The summed E-state index contributed by atoms with van der Waals surface area (Å²) in [6, 6.07) is 8.40. The number of benzene rings is 1. The molecule has 0 spiro atoms. The third-order valence-corrected chi connectivity index (χ3v) is 3.37. The second-order valence-electron chi connectivity index (χ2n) is 5.46. The van der Waals surface area contributed by atoms with Crippen LogP contribution in [0.5, 0.6) is 5.75 Å². The predicted molar refractivity (Wildman–Crippen MR) is 87.1 cm³/mol. The second kappa shape index (κ2) is 8.05. The maximum Gasteiger partial charge on any atom is 0.129 e. The fraction of sp³-hybridized carbons (Fsp3) is 0.529. The highest BCUT2D eigenvalue weighted by Gasteiger charge is 2.07. The minimum absolute atomic E-state index is 0.198. The van der Waals surface area contributed by atoms with Crippen LogP contribution in [-0.2, 0) is 11.3 Å². The Kier molecular flexibility index (Phi) is 6.08. The average molecular weight is 290 g/mol. The van der Waals surface area contributed by atoms with Crippen molar-refractivity contribution in [3.05, 3.63) is 30.5 Å². The van der Waals surface area contributed by atoms with Crippen molar-refractivity contribution in [2.45, 2.75) is 32.9 Å². The third-order valence-electron chi connectivity index (χ3n) is 3.37. The van der Waals surface area contributed by atoms with E-state index in [4.69, 9.17) is 9.47 Å². The summed E-state index contributed by atoms with van der Waals surface area (Å²) in [5.74, 6) is 0.972. The molecule has 4 heteroatoms. The lowest BCUT2D eigenvalue weighted by Gasteiger charge is -2.11. The Morgan fingerprint density at radius 1 is 1.19 bits per heavy atom. The zero-order valence-corrected chi connectivity index (χ0v) is 13.3. The number of aryl methyl sites for hydroxylation is 1. The van der Waals surface area contributed by atoms with Gasteiger partial charge in [0.25, 0.3) is 0 Å². The largest absolute Gasteiger partial charge is 0.490 e. The quantitative estimate of drug-likeness (QED) is 0.721. The van der Waals surface area contributed by atoms with E-state index in [1.54, 1.807) is 7.11 Å². The lowest BCUT2D eigenvalue weighted by atomic mass is 10.2. The molecular formula is C17H26N2O2. The van der Waals surface area contributed by atoms with Crippen LogP contribution in [0.15, 0.2) is 30.5 Å². The summed E-state index contributed by atoms with van der Waals surface area (Å²) in [5.41, 5.74) is 1.24. The zero-order chi connectivity index (χ0) is 15.1. The summed E-state index contributed by atoms with van der Waals surface area (Å²) in [6.07, 6.45) is 3.44. The Morgan fingerprint density at radius 3 is 2.81 bits per heavy atom. The minimum Gasteiger partial charge on any atom is -0.490 e. The van der Waals surface area contributed by atoms with E-state index in [2.05, 4.69) is 48.1 Å². The topological polar surface area (TPSA) is 35.4 Å². The van der Waals surface area contributed by atoms with Gasteiger partial charge in [0.05, 0.1) is 18.2 Å². The molecule has 4 nitrogen and oxygen atoms in total. The van der Waals surface area contributed by atoms with Gasteiger partial charge in [0.15, 0.2) is 0 Å². The van der Waals surface area contributed by atoms with E-state index >= 15 is 0 Å². The van der Waals surface area contributed by atoms with Crippen molar-refractivity contribution in [1.29, 1.82) is 0 Å². The molecule has 1 heterocycles. The van der Waals surface area contributed by atoms with Crippen molar-refractivity contribution in [3.63, 3.8) is 0 Å². The van der Waals surface area contributed by atoms with E-state index in [0.29, 0.717) is 0 Å². The summed E-state index contributed by atoms with van der Waals surface area (Å²) >= 11 is 0. The molecule has 0 amide bonds. The highest BCUT2D eigenvalue weighted by molar-refractivity contribution is 5.86. The highest BCUT2D eigenvalue weighted by Crippen LogP contribution is 2.27. The number of aromatic nitrogens is 1. The molecule has 0 aliphatic heterocycles. The number of nitrogens with one attached hydrogen (secondary N) is 1. The molecule has 0 aliphatic rings. The SMILES string of the molecule is COCCNCCCn1ccc2c(OC(C)C)cccc21. The summed E-state index contributed by atoms with van der Waals surface area (Å²) in [6.45, 7) is 7.81. The van der Waals surface area contributed by atoms with Crippen LogP contribution in [0.4, 0.5) is 0 Å². The molecule has 0 saturated carbocycles. The smallest absolute Gasteiger partial charge is 0.129 e. The lowest BCUT2D eigenvalue weighted by molar-refractivity contribution is 0.199. The van der Waals surface area contributed by atoms with E-state index in [1.807, 2.05) is 6.07 Å². The molecular weight excluding hydrogens is 264 g/mol. The van der Waals surface area contributed by atoms with Crippen LogP contribution in [0.2, 0.25) is 0 Å². The summed E-state index contributed by atoms with van der Waals surface area (Å²) in [5, 5.41) is 4.56. The number of hydrogen-bond donors (Lipinski definition) is 1. The molecule has 0 aliphatic carbocycles. The first-order valence-corrected chi connectivity index (χ1v) is 7.66. The van der Waals surface area contributed by atoms with E-state index < -0.39 is 0 Å². The number of nitrogens with zero attached hydrogens (tertiary/aromatic N) is 1. The van der Waals surface area contributed by atoms with Gasteiger partial charge >= 0.3 is 0 Å². The van der Waals surface area contributed by atoms with Crippen LogP contribution in [0.1, 0.15) is 20.3 Å². The molecule has 2 aromatic rings. The monoisotopic (exact) mass is 290 g/mol. The summed E-state index contributed by atoms with van der Waals surface area (Å²) < 4.78 is 13.2. The van der Waals surface area contributed by atoms with Crippen molar-refractivity contribution in [2.75, 3.05) is 26.8 Å². The van der Waals surface area contributed by atoms with E-state index in [-0.39, 0.29) is 6.10 Å². The van der Waals surface area contributed by atoms with Gasteiger partial charge in [-0.15, -0.1) is 0 Å². The molecule has 1 aromatic carbocycles. The van der Waals surface area contributed by atoms with Crippen LogP contribution in [0, 0.1) is 0 Å². The number of fused-ring (bicyclic) bond motifs is 1. The zero-order valence-electron chi connectivity index (χ0n) is 13.3. The fourth-order valence-electron chi connectivity index (χ4n) is 2.42. The Labute approximate surface area is 127 Å². The van der Waals surface area contributed by atoms with Gasteiger partial charge in [-0.1, -0.05) is 6.07 Å². The van der Waals surface area contributed by atoms with Gasteiger partial charge in [0, 0.05) is 31.8 Å². The Bertz CT molecular complexity index is 549. The first-order valence-electron chi connectivity index (χ1n) is 7.66. The van der Waals surface area contributed by atoms with Gasteiger partial charge < -0.3 is 19.4 Å². The van der Waals surface area contributed by atoms with E-state index in [9.17, 15) is 0 Å². The first-order chi connectivity index (χ1) is 10.2. The Balaban J connectivity index is 1.95. The standard InChI is InChI=1S/C17H26N2O2/c1-14(2)21-17-7-4-6-16-15(17)8-12-19(16)11-5-9-18-10-13-20-3/h4,6-8,12,14,18H,5,9-11,13H2,1-3H3. The normalized spacial score (nSPS) is 11.4. The number of methoxy groups -OCH3 is 1. The van der Waals surface area contributed by atoms with Gasteiger partial charge in [-0.3, -0.25) is 0 Å². The molecule has 0 unspecified atom stereocenters. The number of rotatable bonds is 9. The van der Waals surface area contributed by atoms with Crippen LogP contribution in [0.25, 0.3) is 10.9 Å². The van der Waals surface area contributed by atoms with Crippen LogP contribution in [0.3, 0.4) is 0 Å². The van der Waals surface area contributed by atoms with Gasteiger partial charge in [-0.05, 0) is 45.0 Å². The van der Waals surface area contributed by atoms with Crippen LogP contribution in [-0.4, -0.2) is 37.5 Å². The van der Waals surface area contributed by atoms with Gasteiger partial charge in [-0.2, -0.15) is 0 Å². The molecule has 2 rings (SSSR count). The van der Waals surface area contributed by atoms with E-state index in [1.165, 1.54) is 10.9 Å². The van der Waals surface area contributed by atoms with Crippen LogP contribution < -0.4 is 10.1 Å². The number of ether oxygens (including phenoxy) is 2. The van der Waals surface area contributed by atoms with Crippen LogP contribution >= 0.6 is 0 Å². The molecule has 116 valence electrons. The molecule has 21 heavy (non-hydrogen) atoms. The summed E-state index contributed by atoms with van der Waals surface area (Å²) in [7, 11) is 1.73. The molecule has 1 aromatic heterocycles. The van der Waals surface area contributed by atoms with Crippen molar-refractivity contribution >= 4 is 10.9 Å². The minimum atomic E-state index is 0.198. The summed E-state index contributed by atoms with van der Waals surface area (Å²) in [4.78, 5) is 0. The Hall–Kier alpha value is -1.52. The first kappa shape index (κ1) is 15.9. The second-order valence-corrected chi connectivity index (χ2v) is 5.46. The maximum atomic E-state index is 5.87. The molecule has 0 radical (unpaired) electrons. The molecule has 1 N–H and O–H groups in total. The van der Waals surface area contributed by atoms with Gasteiger partial charge in [0.2, 0.25) is 0 Å². The van der Waals surface area contributed by atoms with Crippen molar-refractivity contribution < 1.29 is 9.47 Å². The van der Waals surface area contributed by atoms with Crippen molar-refractivity contribution in [1.82, 2.24) is 9.88 Å². The predicted octanol–water partition coefficient (Wildman–Crippen LogP) is 3.05. The highest BCUT2D eigenvalue weighted by atomic mass is 16.5. The molecule has 0 fully saturated rings. The number of hydrogen-bond acceptors (Lipinski definition) is 3.